The Morgan fingerprint density at radius 1 is 1.35 bits per heavy atom. The van der Waals surface area contributed by atoms with E-state index in [-0.39, 0.29) is 5.88 Å². The molecule has 5 heteroatoms. The van der Waals surface area contributed by atoms with Crippen LogP contribution in [-0.4, -0.2) is 21.7 Å². The molecule has 0 amide bonds. The maximum Gasteiger partial charge on any atom is 0.222 e. The second kappa shape index (κ2) is 3.63. The molecular formula is C12H10BrFN2O. The van der Waals surface area contributed by atoms with E-state index in [9.17, 15) is 9.50 Å². The maximum atomic E-state index is 12.9. The van der Waals surface area contributed by atoms with Crippen LogP contribution in [-0.2, 0) is 5.41 Å². The van der Waals surface area contributed by atoms with E-state index in [0.717, 1.165) is 17.3 Å². The van der Waals surface area contributed by atoms with Crippen LogP contribution in [0.1, 0.15) is 18.7 Å². The van der Waals surface area contributed by atoms with Crippen molar-refractivity contribution in [1.29, 1.82) is 0 Å². The lowest BCUT2D eigenvalue weighted by molar-refractivity contribution is 0.397. The summed E-state index contributed by atoms with van der Waals surface area (Å²) in [5.41, 5.74) is 0.106. The van der Waals surface area contributed by atoms with Crippen molar-refractivity contribution in [3.63, 3.8) is 0 Å². The Kier molecular flexibility index (Phi) is 2.33. The van der Waals surface area contributed by atoms with Crippen LogP contribution in [0.2, 0.25) is 0 Å². The van der Waals surface area contributed by atoms with Crippen LogP contribution in [0.25, 0.3) is 10.9 Å². The number of alkyl halides is 1. The molecule has 1 fully saturated rings. The molecule has 1 aromatic heterocycles. The van der Waals surface area contributed by atoms with Crippen molar-refractivity contribution in [3.8, 4) is 5.88 Å². The summed E-state index contributed by atoms with van der Waals surface area (Å²) in [6.07, 6.45) is 1.51. The first kappa shape index (κ1) is 10.9. The van der Waals surface area contributed by atoms with Crippen LogP contribution in [0.5, 0.6) is 5.88 Å². The monoisotopic (exact) mass is 296 g/mol. The number of rotatable bonds is 2. The third-order valence-electron chi connectivity index (χ3n) is 3.22. The number of hydrogen-bond donors (Lipinski definition) is 1. The highest BCUT2D eigenvalue weighted by Gasteiger charge is 2.47. The predicted molar refractivity (Wildman–Crippen MR) is 65.8 cm³/mol. The van der Waals surface area contributed by atoms with Crippen LogP contribution in [0, 0.1) is 0 Å². The van der Waals surface area contributed by atoms with Crippen molar-refractivity contribution < 1.29 is 9.50 Å². The Labute approximate surface area is 106 Å². The summed E-state index contributed by atoms with van der Waals surface area (Å²) in [6, 6.07) is 5.38. The van der Waals surface area contributed by atoms with Gasteiger partial charge in [0.15, 0.2) is 0 Å². The zero-order valence-corrected chi connectivity index (χ0v) is 10.5. The fourth-order valence-corrected chi connectivity index (χ4v) is 2.25. The third kappa shape index (κ3) is 1.69. The van der Waals surface area contributed by atoms with E-state index in [1.807, 2.05) is 6.07 Å². The van der Waals surface area contributed by atoms with E-state index in [1.165, 1.54) is 0 Å². The third-order valence-corrected chi connectivity index (χ3v) is 3.71. The molecule has 1 aliphatic rings. The lowest BCUT2D eigenvalue weighted by Crippen LogP contribution is -2.13. The van der Waals surface area contributed by atoms with E-state index in [2.05, 4.69) is 25.9 Å². The largest absolute Gasteiger partial charge is 0.493 e. The normalized spacial score (nSPS) is 17.3. The summed E-state index contributed by atoms with van der Waals surface area (Å²) in [5, 5.41) is 10.5. The van der Waals surface area contributed by atoms with Gasteiger partial charge in [0.1, 0.15) is 12.5 Å². The molecule has 0 radical (unpaired) electrons. The van der Waals surface area contributed by atoms with Crippen molar-refractivity contribution in [1.82, 2.24) is 9.97 Å². The molecule has 0 unspecified atom stereocenters. The molecular weight excluding hydrogens is 287 g/mol. The minimum Gasteiger partial charge on any atom is -0.493 e. The molecule has 0 aliphatic heterocycles. The number of aromatic nitrogens is 2. The lowest BCUT2D eigenvalue weighted by atomic mass is 10.1. The topological polar surface area (TPSA) is 46.0 Å². The van der Waals surface area contributed by atoms with Crippen molar-refractivity contribution in [3.05, 3.63) is 28.5 Å². The van der Waals surface area contributed by atoms with Gasteiger partial charge >= 0.3 is 0 Å². The molecule has 1 aromatic carbocycles. The molecule has 0 spiro atoms. The molecule has 3 nitrogen and oxygen atoms in total. The summed E-state index contributed by atoms with van der Waals surface area (Å²) in [6.45, 7) is -0.464. The van der Waals surface area contributed by atoms with Gasteiger partial charge in [0, 0.05) is 4.47 Å². The summed E-state index contributed by atoms with van der Waals surface area (Å²) < 4.78 is 13.8. The molecule has 1 aliphatic carbocycles. The average molecular weight is 297 g/mol. The first-order valence-corrected chi connectivity index (χ1v) is 6.17. The number of benzene rings is 1. The SMILES string of the molecule is Oc1nc(C2(CF)CC2)nc2ccc(Br)cc12. The van der Waals surface area contributed by atoms with E-state index >= 15 is 0 Å². The standard InChI is InChI=1S/C12H10BrFN2O/c13-7-1-2-9-8(5-7)10(17)16-11(15-9)12(6-14)3-4-12/h1-2,5H,3-4,6H2,(H,15,16,17). The molecule has 17 heavy (non-hydrogen) atoms. The Bertz CT molecular complexity index is 598. The summed E-state index contributed by atoms with van der Waals surface area (Å²) >= 11 is 3.32. The first-order chi connectivity index (χ1) is 8.14. The van der Waals surface area contributed by atoms with Crippen molar-refractivity contribution in [2.24, 2.45) is 0 Å². The van der Waals surface area contributed by atoms with E-state index in [0.29, 0.717) is 16.7 Å². The fraction of sp³-hybridized carbons (Fsp3) is 0.333. The molecule has 0 atom stereocenters. The van der Waals surface area contributed by atoms with Crippen molar-refractivity contribution in [2.75, 3.05) is 6.67 Å². The van der Waals surface area contributed by atoms with Crippen LogP contribution >= 0.6 is 15.9 Å². The van der Waals surface area contributed by atoms with Crippen LogP contribution in [0.4, 0.5) is 4.39 Å². The molecule has 2 aromatic rings. The first-order valence-electron chi connectivity index (χ1n) is 5.37. The predicted octanol–water partition coefficient (Wildman–Crippen LogP) is 3.10. The highest BCUT2D eigenvalue weighted by Crippen LogP contribution is 2.47. The second-order valence-electron chi connectivity index (χ2n) is 4.45. The van der Waals surface area contributed by atoms with Gasteiger partial charge in [-0.3, -0.25) is 0 Å². The van der Waals surface area contributed by atoms with Crippen molar-refractivity contribution >= 4 is 26.8 Å². The van der Waals surface area contributed by atoms with Gasteiger partial charge in [-0.2, -0.15) is 4.98 Å². The van der Waals surface area contributed by atoms with Gasteiger partial charge in [-0.25, -0.2) is 9.37 Å². The maximum absolute atomic E-state index is 12.9. The zero-order valence-electron chi connectivity index (χ0n) is 8.95. The van der Waals surface area contributed by atoms with Gasteiger partial charge in [0.2, 0.25) is 5.88 Å². The number of nitrogens with zero attached hydrogens (tertiary/aromatic N) is 2. The molecule has 0 bridgehead atoms. The minimum absolute atomic E-state index is 0.0778. The quantitative estimate of drug-likeness (QED) is 0.926. The molecule has 0 saturated heterocycles. The molecule has 1 saturated carbocycles. The minimum atomic E-state index is -0.543. The summed E-state index contributed by atoms with van der Waals surface area (Å²) in [4.78, 5) is 8.38. The Morgan fingerprint density at radius 2 is 2.12 bits per heavy atom. The Balaban J connectivity index is 2.21. The molecule has 3 rings (SSSR count). The zero-order chi connectivity index (χ0) is 12.0. The lowest BCUT2D eigenvalue weighted by Gasteiger charge is -2.10. The molecule has 1 heterocycles. The van der Waals surface area contributed by atoms with Gasteiger partial charge in [0.05, 0.1) is 16.3 Å². The smallest absolute Gasteiger partial charge is 0.222 e. The van der Waals surface area contributed by atoms with Gasteiger partial charge in [-0.05, 0) is 31.0 Å². The van der Waals surface area contributed by atoms with E-state index < -0.39 is 12.1 Å². The summed E-state index contributed by atoms with van der Waals surface area (Å²) in [7, 11) is 0. The number of halogens is 2. The van der Waals surface area contributed by atoms with E-state index in [4.69, 9.17) is 0 Å². The summed E-state index contributed by atoms with van der Waals surface area (Å²) in [5.74, 6) is 0.346. The van der Waals surface area contributed by atoms with E-state index in [1.54, 1.807) is 12.1 Å². The Morgan fingerprint density at radius 3 is 2.76 bits per heavy atom. The van der Waals surface area contributed by atoms with Gasteiger partial charge in [-0.1, -0.05) is 15.9 Å². The fourth-order valence-electron chi connectivity index (χ4n) is 1.89. The van der Waals surface area contributed by atoms with Gasteiger partial charge in [0.25, 0.3) is 0 Å². The van der Waals surface area contributed by atoms with Gasteiger partial charge in [-0.15, -0.1) is 0 Å². The molecule has 88 valence electrons. The average Bonchev–Trinajstić information content (AvgIpc) is 3.11. The number of aromatic hydroxyl groups is 1. The van der Waals surface area contributed by atoms with Gasteiger partial charge < -0.3 is 5.11 Å². The van der Waals surface area contributed by atoms with Crippen LogP contribution in [0.15, 0.2) is 22.7 Å². The highest BCUT2D eigenvalue weighted by atomic mass is 79.9. The van der Waals surface area contributed by atoms with Crippen LogP contribution in [0.3, 0.4) is 0 Å². The van der Waals surface area contributed by atoms with Crippen molar-refractivity contribution in [2.45, 2.75) is 18.3 Å². The molecule has 1 N–H and O–H groups in total. The Hall–Kier alpha value is -1.23. The second-order valence-corrected chi connectivity index (χ2v) is 5.36. The van der Waals surface area contributed by atoms with Crippen LogP contribution < -0.4 is 0 Å². The highest BCUT2D eigenvalue weighted by molar-refractivity contribution is 9.10. The number of hydrogen-bond acceptors (Lipinski definition) is 3. The number of fused-ring (bicyclic) bond motifs is 1.